The Balaban J connectivity index is 1.15. The normalized spacial score (nSPS) is 13.0. The van der Waals surface area contributed by atoms with Gasteiger partial charge < -0.3 is 0 Å². The van der Waals surface area contributed by atoms with Crippen LogP contribution in [0.15, 0.2) is 338 Å². The summed E-state index contributed by atoms with van der Waals surface area (Å²) in [4.78, 5) is 12.9. The average molecular weight is 1100 g/mol. The van der Waals surface area contributed by atoms with E-state index in [0.717, 1.165) is 72.5 Å². The van der Waals surface area contributed by atoms with Gasteiger partial charge in [0.15, 0.2) is 0 Å². The summed E-state index contributed by atoms with van der Waals surface area (Å²) in [6.07, 6.45) is 0. The third-order valence-electron chi connectivity index (χ3n) is 17.2. The first-order valence-electron chi connectivity index (χ1n) is 30.0. The number of rotatable bonds is 15. The van der Waals surface area contributed by atoms with Gasteiger partial charge >= 0.3 is 0 Å². The zero-order valence-corrected chi connectivity index (χ0v) is 48.4. The van der Waals surface area contributed by atoms with Crippen LogP contribution < -0.4 is 0 Å². The van der Waals surface area contributed by atoms with Crippen LogP contribution in [-0.2, 0) is 0 Å². The molecule has 13 aromatic rings. The molecule has 1 aliphatic rings. The van der Waals surface area contributed by atoms with E-state index in [1.54, 1.807) is 0 Å². The van der Waals surface area contributed by atoms with E-state index in [9.17, 15) is 0 Å². The van der Waals surface area contributed by atoms with Crippen molar-refractivity contribution in [3.63, 3.8) is 0 Å². The van der Waals surface area contributed by atoms with E-state index in [0.29, 0.717) is 0 Å². The second kappa shape index (κ2) is 24.0. The molecule has 0 bridgehead atoms. The Morgan fingerprint density at radius 1 is 0.233 bits per heavy atom. The van der Waals surface area contributed by atoms with Gasteiger partial charge in [-0.05, 0) is 97.1 Å². The van der Waals surface area contributed by atoms with Crippen LogP contribution in [0.5, 0.6) is 0 Å². The number of nitrogens with zero attached hydrogens (tertiary/aromatic N) is 2. The Kier molecular flexibility index (Phi) is 14.9. The van der Waals surface area contributed by atoms with E-state index in [-0.39, 0.29) is 23.7 Å². The Morgan fingerprint density at radius 2 is 0.477 bits per heavy atom. The number of hydrogen-bond donors (Lipinski definition) is 0. The SMILES string of the molecule is Cc1cc(C(c2ccccc2)c2ccccc2)c(N=C2C(=Nc3c(C(c4ccccc4)c4ccccc4)cc(C)cc3C(c3ccccc3)c3ccccc3)c3ccc(-c4ccccc4)c4cccc2c34)c(C(c2ccccc2)c2ccccc2)c1. The molecular formula is C84H64N2. The third-order valence-corrected chi connectivity index (χ3v) is 17.2. The summed E-state index contributed by atoms with van der Waals surface area (Å²) >= 11 is 0. The van der Waals surface area contributed by atoms with Crippen LogP contribution in [0.1, 0.15) is 113 Å². The van der Waals surface area contributed by atoms with E-state index in [1.807, 2.05) is 0 Å². The summed E-state index contributed by atoms with van der Waals surface area (Å²) in [5.41, 5.74) is 24.4. The quantitative estimate of drug-likeness (QED) is 0.0914. The first-order valence-corrected chi connectivity index (χ1v) is 30.0. The molecule has 0 aromatic heterocycles. The van der Waals surface area contributed by atoms with Crippen molar-refractivity contribution >= 4 is 33.6 Å². The van der Waals surface area contributed by atoms with Gasteiger partial charge in [-0.1, -0.05) is 339 Å². The molecule has 0 N–H and O–H groups in total. The second-order valence-electron chi connectivity index (χ2n) is 22.8. The maximum Gasteiger partial charge on any atom is 0.0979 e. The molecule has 14 rings (SSSR count). The molecule has 2 heteroatoms. The lowest BCUT2D eigenvalue weighted by Crippen LogP contribution is -2.15. The molecule has 0 unspecified atom stereocenters. The molecule has 0 amide bonds. The number of hydrogen-bond acceptors (Lipinski definition) is 2. The molecule has 0 fully saturated rings. The molecule has 0 aliphatic heterocycles. The summed E-state index contributed by atoms with van der Waals surface area (Å²) in [7, 11) is 0. The van der Waals surface area contributed by atoms with Crippen LogP contribution in [-0.4, -0.2) is 11.4 Å². The fraction of sp³-hybridized carbons (Fsp3) is 0.0714. The topological polar surface area (TPSA) is 24.7 Å². The minimum atomic E-state index is -0.169. The zero-order chi connectivity index (χ0) is 57.8. The predicted octanol–water partition coefficient (Wildman–Crippen LogP) is 21.1. The molecule has 0 saturated carbocycles. The second-order valence-corrected chi connectivity index (χ2v) is 22.8. The predicted molar refractivity (Wildman–Crippen MR) is 359 cm³/mol. The van der Waals surface area contributed by atoms with Gasteiger partial charge in [0.2, 0.25) is 0 Å². The molecule has 410 valence electrons. The van der Waals surface area contributed by atoms with Crippen LogP contribution in [0, 0.1) is 13.8 Å². The highest BCUT2D eigenvalue weighted by molar-refractivity contribution is 6.61. The minimum absolute atomic E-state index is 0.169. The lowest BCUT2D eigenvalue weighted by Gasteiger charge is -2.28. The molecular weight excluding hydrogens is 1040 g/mol. The molecule has 0 radical (unpaired) electrons. The van der Waals surface area contributed by atoms with Crippen molar-refractivity contribution in [2.45, 2.75) is 37.5 Å². The maximum absolute atomic E-state index is 6.45. The van der Waals surface area contributed by atoms with Gasteiger partial charge in [0, 0.05) is 40.2 Å². The molecule has 86 heavy (non-hydrogen) atoms. The van der Waals surface area contributed by atoms with E-state index < -0.39 is 0 Å². The first kappa shape index (κ1) is 53.5. The standard InChI is InChI=1S/C84H64N2/c1-57-53-72(76(60-33-14-4-15-34-60)61-35-16-5-17-36-61)81(73(54-57)77(62-37-18-6-19-38-62)63-39-20-7-21-40-63)85-83-70-50-30-49-69-68(59-31-12-3-13-32-59)51-52-71(80(69)70)84(83)86-82-74(78(64-41-22-8-23-42-64)65-43-24-9-25-44-65)55-58(2)56-75(82)79(66-45-26-10-27-46-66)67-47-28-11-29-48-67/h3-56,76-79H,1-2H3. The van der Waals surface area contributed by atoms with Gasteiger partial charge in [0.25, 0.3) is 0 Å². The number of aryl methyl sites for hydroxylation is 2. The fourth-order valence-corrected chi connectivity index (χ4v) is 13.6. The zero-order valence-electron chi connectivity index (χ0n) is 48.4. The molecule has 1 aliphatic carbocycles. The Labute approximate surface area is 505 Å². The molecule has 0 heterocycles. The van der Waals surface area contributed by atoms with E-state index in [2.05, 4.69) is 341 Å². The van der Waals surface area contributed by atoms with Crippen molar-refractivity contribution in [2.75, 3.05) is 0 Å². The van der Waals surface area contributed by atoms with E-state index >= 15 is 0 Å². The van der Waals surface area contributed by atoms with Gasteiger partial charge in [-0.3, -0.25) is 0 Å². The van der Waals surface area contributed by atoms with Gasteiger partial charge in [0.1, 0.15) is 0 Å². The van der Waals surface area contributed by atoms with Crippen molar-refractivity contribution in [2.24, 2.45) is 9.98 Å². The molecule has 0 spiro atoms. The van der Waals surface area contributed by atoms with E-state index in [1.165, 1.54) is 61.2 Å². The van der Waals surface area contributed by atoms with Crippen LogP contribution in [0.2, 0.25) is 0 Å². The average Bonchev–Trinajstić information content (AvgIpc) is 2.23. The number of benzene rings is 13. The van der Waals surface area contributed by atoms with Crippen molar-refractivity contribution in [1.29, 1.82) is 0 Å². The smallest absolute Gasteiger partial charge is 0.0979 e. The van der Waals surface area contributed by atoms with Crippen LogP contribution in [0.4, 0.5) is 11.4 Å². The van der Waals surface area contributed by atoms with Crippen LogP contribution >= 0.6 is 0 Å². The fourth-order valence-electron chi connectivity index (χ4n) is 13.6. The summed E-state index contributed by atoms with van der Waals surface area (Å²) in [6, 6.07) is 120. The lowest BCUT2D eigenvalue weighted by molar-refractivity contribution is 0.933. The molecule has 2 nitrogen and oxygen atoms in total. The third kappa shape index (κ3) is 10.4. The van der Waals surface area contributed by atoms with Crippen molar-refractivity contribution in [3.8, 4) is 11.1 Å². The van der Waals surface area contributed by atoms with Gasteiger partial charge in [0.05, 0.1) is 22.8 Å². The van der Waals surface area contributed by atoms with Crippen molar-refractivity contribution < 1.29 is 0 Å². The Morgan fingerprint density at radius 3 is 0.756 bits per heavy atom. The lowest BCUT2D eigenvalue weighted by atomic mass is 9.78. The summed E-state index contributed by atoms with van der Waals surface area (Å²) in [5.74, 6) is -0.676. The van der Waals surface area contributed by atoms with E-state index in [4.69, 9.17) is 9.98 Å². The summed E-state index contributed by atoms with van der Waals surface area (Å²) in [5, 5.41) is 2.31. The Bertz CT molecular complexity index is 3940. The first-order chi connectivity index (χ1) is 42.5. The van der Waals surface area contributed by atoms with Crippen LogP contribution in [0.25, 0.3) is 21.9 Å². The number of aliphatic imine (C=N–C) groups is 2. The summed E-state index contributed by atoms with van der Waals surface area (Å²) in [6.45, 7) is 4.50. The highest BCUT2D eigenvalue weighted by Gasteiger charge is 2.35. The minimum Gasteiger partial charge on any atom is -0.245 e. The van der Waals surface area contributed by atoms with Crippen molar-refractivity contribution in [3.05, 3.63) is 417 Å². The van der Waals surface area contributed by atoms with Crippen molar-refractivity contribution in [1.82, 2.24) is 0 Å². The van der Waals surface area contributed by atoms with Crippen LogP contribution in [0.3, 0.4) is 0 Å². The van der Waals surface area contributed by atoms with Gasteiger partial charge in [-0.15, -0.1) is 0 Å². The molecule has 0 saturated heterocycles. The molecule has 0 atom stereocenters. The largest absolute Gasteiger partial charge is 0.245 e. The maximum atomic E-state index is 6.45. The van der Waals surface area contributed by atoms with Gasteiger partial charge in [-0.2, -0.15) is 0 Å². The monoisotopic (exact) mass is 1100 g/mol. The van der Waals surface area contributed by atoms with Gasteiger partial charge in [-0.25, -0.2) is 9.98 Å². The molecule has 13 aromatic carbocycles. The summed E-state index contributed by atoms with van der Waals surface area (Å²) < 4.78 is 0. The highest BCUT2D eigenvalue weighted by Crippen LogP contribution is 2.50. The Hall–Kier alpha value is -10.5. The highest BCUT2D eigenvalue weighted by atomic mass is 14.9.